The molecule has 0 N–H and O–H groups in total. The third-order valence-corrected chi connectivity index (χ3v) is 5.72. The first-order chi connectivity index (χ1) is 20.2. The van der Waals surface area contributed by atoms with Crippen molar-refractivity contribution in [3.63, 3.8) is 0 Å². The monoisotopic (exact) mass is 654 g/mol. The van der Waals surface area contributed by atoms with Gasteiger partial charge in [0, 0.05) is 0 Å². The summed E-state index contributed by atoms with van der Waals surface area (Å²) in [6.45, 7) is 2.58. The van der Waals surface area contributed by atoms with Gasteiger partial charge in [-0.3, -0.25) is 4.74 Å². The van der Waals surface area contributed by atoms with Crippen molar-refractivity contribution < 1.29 is 76.8 Å². The van der Waals surface area contributed by atoms with Crippen molar-refractivity contribution in [1.82, 2.24) is 0 Å². The van der Waals surface area contributed by atoms with Crippen LogP contribution in [0.15, 0.2) is 48.5 Å². The highest BCUT2D eigenvalue weighted by atomic mass is 19.4. The van der Waals surface area contributed by atoms with E-state index in [0.29, 0.717) is 24.5 Å². The van der Waals surface area contributed by atoms with Crippen LogP contribution in [0.5, 0.6) is 17.2 Å². The lowest BCUT2D eigenvalue weighted by atomic mass is 10.1. The normalized spacial score (nSPS) is 14.1. The average Bonchev–Trinajstić information content (AvgIpc) is 2.92. The Morgan fingerprint density at radius 3 is 1.59 bits per heavy atom. The van der Waals surface area contributed by atoms with Gasteiger partial charge in [-0.1, -0.05) is 39.0 Å². The summed E-state index contributed by atoms with van der Waals surface area (Å²) in [5, 5.41) is 0. The Labute approximate surface area is 243 Å². The standard InChI is InChI=1S/C27H25F11O6/c1-2-3-4-5-6-7-16-41-18-10-8-17(9-11-18)21(39)42-19-12-14-20(15-13-19)43-22(40)23(28,25(31,32)33)44-27(37,38)24(29,30)26(34,35)36/h8-15H,2-7,16H2,1H3. The molecule has 0 fully saturated rings. The first-order valence-corrected chi connectivity index (χ1v) is 12.8. The first-order valence-electron chi connectivity index (χ1n) is 12.8. The van der Waals surface area contributed by atoms with Gasteiger partial charge < -0.3 is 14.2 Å². The molecule has 246 valence electrons. The van der Waals surface area contributed by atoms with Crippen molar-refractivity contribution in [1.29, 1.82) is 0 Å². The zero-order valence-electron chi connectivity index (χ0n) is 22.7. The third-order valence-electron chi connectivity index (χ3n) is 5.72. The number of ether oxygens (including phenoxy) is 4. The van der Waals surface area contributed by atoms with E-state index in [-0.39, 0.29) is 11.3 Å². The summed E-state index contributed by atoms with van der Waals surface area (Å²) in [7, 11) is 0. The van der Waals surface area contributed by atoms with E-state index in [2.05, 4.69) is 16.4 Å². The van der Waals surface area contributed by atoms with Crippen molar-refractivity contribution >= 4 is 11.9 Å². The maximum Gasteiger partial charge on any atom is 0.462 e. The van der Waals surface area contributed by atoms with E-state index in [1.807, 2.05) is 0 Å². The van der Waals surface area contributed by atoms with Crippen molar-refractivity contribution in [3.8, 4) is 17.2 Å². The smallest absolute Gasteiger partial charge is 0.462 e. The molecule has 1 atom stereocenters. The number of hydrogen-bond donors (Lipinski definition) is 0. The summed E-state index contributed by atoms with van der Waals surface area (Å²) in [6, 6.07) is 8.44. The highest BCUT2D eigenvalue weighted by molar-refractivity contribution is 5.91. The Kier molecular flexibility index (Phi) is 12.0. The van der Waals surface area contributed by atoms with Crippen LogP contribution < -0.4 is 14.2 Å². The van der Waals surface area contributed by atoms with Crippen LogP contribution in [0.3, 0.4) is 0 Å². The number of alkyl halides is 11. The van der Waals surface area contributed by atoms with Gasteiger partial charge in [-0.2, -0.15) is 48.3 Å². The second-order valence-electron chi connectivity index (χ2n) is 9.18. The molecule has 6 nitrogen and oxygen atoms in total. The lowest BCUT2D eigenvalue weighted by Gasteiger charge is -2.33. The number of carbonyl (C=O) groups is 2. The van der Waals surface area contributed by atoms with Crippen LogP contribution in [-0.2, 0) is 9.53 Å². The van der Waals surface area contributed by atoms with Crippen LogP contribution in [0.2, 0.25) is 0 Å². The van der Waals surface area contributed by atoms with E-state index < -0.39 is 47.9 Å². The summed E-state index contributed by atoms with van der Waals surface area (Å²) in [5.41, 5.74) is 0.0357. The van der Waals surface area contributed by atoms with Crippen molar-refractivity contribution in [3.05, 3.63) is 54.1 Å². The molecule has 2 rings (SSSR count). The third kappa shape index (κ3) is 9.19. The second-order valence-corrected chi connectivity index (χ2v) is 9.18. The van der Waals surface area contributed by atoms with E-state index in [4.69, 9.17) is 9.47 Å². The number of benzene rings is 2. The average molecular weight is 654 g/mol. The zero-order valence-corrected chi connectivity index (χ0v) is 22.7. The molecule has 0 aromatic heterocycles. The number of esters is 2. The molecule has 0 radical (unpaired) electrons. The minimum absolute atomic E-state index is 0.0357. The number of carbonyl (C=O) groups excluding carboxylic acids is 2. The number of hydrogen-bond acceptors (Lipinski definition) is 6. The van der Waals surface area contributed by atoms with Crippen molar-refractivity contribution in [2.24, 2.45) is 0 Å². The Bertz CT molecular complexity index is 1230. The molecule has 0 aliphatic heterocycles. The van der Waals surface area contributed by atoms with Gasteiger partial charge in [0.2, 0.25) is 0 Å². The number of halogens is 11. The van der Waals surface area contributed by atoms with E-state index in [1.165, 1.54) is 30.7 Å². The molecular formula is C27H25F11O6. The van der Waals surface area contributed by atoms with Crippen LogP contribution in [0.25, 0.3) is 0 Å². The molecule has 0 heterocycles. The number of unbranched alkanes of at least 4 members (excludes halogenated alkanes) is 5. The molecule has 1 unspecified atom stereocenters. The van der Waals surface area contributed by atoms with E-state index in [9.17, 15) is 57.9 Å². The van der Waals surface area contributed by atoms with Crippen molar-refractivity contribution in [2.45, 2.75) is 75.7 Å². The Hall–Kier alpha value is -3.63. The second kappa shape index (κ2) is 14.4. The predicted molar refractivity (Wildman–Crippen MR) is 129 cm³/mol. The molecule has 0 aliphatic rings. The summed E-state index contributed by atoms with van der Waals surface area (Å²) < 4.78 is 160. The van der Waals surface area contributed by atoms with Gasteiger partial charge >= 0.3 is 42.2 Å². The Morgan fingerprint density at radius 1 is 0.614 bits per heavy atom. The molecule has 17 heteroatoms. The van der Waals surface area contributed by atoms with Crippen LogP contribution in [0.1, 0.15) is 55.8 Å². The summed E-state index contributed by atoms with van der Waals surface area (Å²) in [5.74, 6) is -19.1. The van der Waals surface area contributed by atoms with Gasteiger partial charge in [-0.05, 0) is 55.0 Å². The van der Waals surface area contributed by atoms with Gasteiger partial charge in [0.05, 0.1) is 12.2 Å². The molecule has 0 bridgehead atoms. The molecule has 0 amide bonds. The predicted octanol–water partition coefficient (Wildman–Crippen LogP) is 8.59. The zero-order chi connectivity index (χ0) is 33.4. The Morgan fingerprint density at radius 2 is 1.09 bits per heavy atom. The molecule has 2 aromatic rings. The minimum atomic E-state index is -7.34. The van der Waals surface area contributed by atoms with Gasteiger partial charge in [0.25, 0.3) is 0 Å². The largest absolute Gasteiger partial charge is 0.494 e. The lowest BCUT2D eigenvalue weighted by Crippen LogP contribution is -2.62. The molecule has 2 aromatic carbocycles. The lowest BCUT2D eigenvalue weighted by molar-refractivity contribution is -0.474. The fourth-order valence-electron chi connectivity index (χ4n) is 3.30. The fraction of sp³-hybridized carbons (Fsp3) is 0.481. The summed E-state index contributed by atoms with van der Waals surface area (Å²) in [6.07, 6.45) is -14.9. The molecule has 44 heavy (non-hydrogen) atoms. The maximum absolute atomic E-state index is 14.3. The van der Waals surface area contributed by atoms with Gasteiger partial charge in [-0.15, -0.1) is 0 Å². The van der Waals surface area contributed by atoms with Crippen LogP contribution in [-0.4, -0.2) is 48.8 Å². The highest BCUT2D eigenvalue weighted by Crippen LogP contribution is 2.51. The molecule has 0 spiro atoms. The Balaban J connectivity index is 2.02. The van der Waals surface area contributed by atoms with Crippen LogP contribution in [0, 0.1) is 0 Å². The summed E-state index contributed by atoms with van der Waals surface area (Å²) in [4.78, 5) is 24.1. The van der Waals surface area contributed by atoms with E-state index >= 15 is 0 Å². The maximum atomic E-state index is 14.3. The molecule has 0 saturated heterocycles. The minimum Gasteiger partial charge on any atom is -0.494 e. The molecule has 0 saturated carbocycles. The molecular weight excluding hydrogens is 629 g/mol. The molecule has 0 aliphatic carbocycles. The topological polar surface area (TPSA) is 71.1 Å². The fourth-order valence-corrected chi connectivity index (χ4v) is 3.30. The van der Waals surface area contributed by atoms with Gasteiger partial charge in [0.15, 0.2) is 0 Å². The van der Waals surface area contributed by atoms with E-state index in [1.54, 1.807) is 0 Å². The SMILES string of the molecule is CCCCCCCCOc1ccc(C(=O)Oc2ccc(OC(=O)C(F)(OC(F)(F)C(F)(F)C(F)(F)F)C(F)(F)F)cc2)cc1. The first kappa shape index (κ1) is 36.6. The van der Waals surface area contributed by atoms with E-state index in [0.717, 1.165) is 44.2 Å². The van der Waals surface area contributed by atoms with Gasteiger partial charge in [0.1, 0.15) is 17.2 Å². The highest BCUT2D eigenvalue weighted by Gasteiger charge is 2.80. The summed E-state index contributed by atoms with van der Waals surface area (Å²) >= 11 is 0. The van der Waals surface area contributed by atoms with Crippen molar-refractivity contribution in [2.75, 3.05) is 6.61 Å². The van der Waals surface area contributed by atoms with Gasteiger partial charge in [-0.25, -0.2) is 9.59 Å². The number of rotatable bonds is 15. The van der Waals surface area contributed by atoms with Crippen LogP contribution in [0.4, 0.5) is 48.3 Å². The quantitative estimate of drug-likeness (QED) is 0.0830. The van der Waals surface area contributed by atoms with Crippen LogP contribution >= 0.6 is 0 Å².